The van der Waals surface area contributed by atoms with E-state index in [0.29, 0.717) is 0 Å². The van der Waals surface area contributed by atoms with Gasteiger partial charge in [0.25, 0.3) is 0 Å². The first kappa shape index (κ1) is 6.64. The normalized spacial score (nSPS) is 13.6. The van der Waals surface area contributed by atoms with Crippen molar-refractivity contribution in [3.05, 3.63) is 11.1 Å². The third kappa shape index (κ3) is 2.07. The van der Waals surface area contributed by atoms with Gasteiger partial charge in [-0.05, 0) is 18.5 Å². The van der Waals surface area contributed by atoms with Crippen molar-refractivity contribution in [2.75, 3.05) is 0 Å². The highest BCUT2D eigenvalue weighted by molar-refractivity contribution is 7.03. The molecule has 9 heavy (non-hydrogen) atoms. The summed E-state index contributed by atoms with van der Waals surface area (Å²) in [7, 11) is 0. The second-order valence-electron chi connectivity index (χ2n) is 2.08. The molecule has 3 nitrogen and oxygen atoms in total. The average Bonchev–Trinajstić information content (AvgIpc) is 2.15. The van der Waals surface area contributed by atoms with Gasteiger partial charge in [-0.2, -0.15) is 0 Å². The number of rotatable bonds is 2. The smallest absolute Gasteiger partial charge is 0.0770 e. The van der Waals surface area contributed by atoms with Crippen molar-refractivity contribution >= 4 is 11.5 Å². The van der Waals surface area contributed by atoms with Gasteiger partial charge in [0.15, 0.2) is 0 Å². The summed E-state index contributed by atoms with van der Waals surface area (Å²) >= 11 is 1.36. The van der Waals surface area contributed by atoms with Crippen molar-refractivity contribution in [2.24, 2.45) is 5.73 Å². The quantitative estimate of drug-likeness (QED) is 0.653. The van der Waals surface area contributed by atoms with Crippen LogP contribution in [0.25, 0.3) is 0 Å². The summed E-state index contributed by atoms with van der Waals surface area (Å²) in [6.45, 7) is 1.96. The molecule has 1 unspecified atom stereocenters. The van der Waals surface area contributed by atoms with Crippen LogP contribution < -0.4 is 5.73 Å². The summed E-state index contributed by atoms with van der Waals surface area (Å²) in [6, 6.07) is 0.189. The number of hydrogen-bond donors (Lipinski definition) is 1. The van der Waals surface area contributed by atoms with Crippen LogP contribution in [0.4, 0.5) is 0 Å². The zero-order valence-electron chi connectivity index (χ0n) is 5.24. The van der Waals surface area contributed by atoms with Gasteiger partial charge in [0.1, 0.15) is 0 Å². The molecular formula is C5H9N3S. The molecule has 4 heteroatoms. The molecule has 1 atom stereocenters. The highest BCUT2D eigenvalue weighted by Gasteiger charge is 1.98. The molecule has 50 valence electrons. The van der Waals surface area contributed by atoms with Gasteiger partial charge in [-0.3, -0.25) is 0 Å². The summed E-state index contributed by atoms with van der Waals surface area (Å²) in [4.78, 5) is 0. The lowest BCUT2D eigenvalue weighted by Crippen LogP contribution is -2.17. The van der Waals surface area contributed by atoms with Crippen LogP contribution in [0.15, 0.2) is 5.38 Å². The van der Waals surface area contributed by atoms with Crippen molar-refractivity contribution in [3.63, 3.8) is 0 Å². The molecular weight excluding hydrogens is 134 g/mol. The van der Waals surface area contributed by atoms with E-state index in [1.54, 1.807) is 0 Å². The zero-order valence-corrected chi connectivity index (χ0v) is 6.06. The second-order valence-corrected chi connectivity index (χ2v) is 2.69. The summed E-state index contributed by atoms with van der Waals surface area (Å²) < 4.78 is 3.71. The molecule has 0 saturated heterocycles. The Labute approximate surface area is 58.1 Å². The van der Waals surface area contributed by atoms with E-state index < -0.39 is 0 Å². The van der Waals surface area contributed by atoms with E-state index in [2.05, 4.69) is 9.59 Å². The maximum atomic E-state index is 5.52. The first-order valence-electron chi connectivity index (χ1n) is 2.80. The minimum Gasteiger partial charge on any atom is -0.328 e. The lowest BCUT2D eigenvalue weighted by molar-refractivity contribution is 0.719. The molecule has 1 heterocycles. The van der Waals surface area contributed by atoms with Crippen LogP contribution in [0, 0.1) is 0 Å². The van der Waals surface area contributed by atoms with Crippen LogP contribution in [0.5, 0.6) is 0 Å². The third-order valence-electron chi connectivity index (χ3n) is 0.936. The molecule has 0 spiro atoms. The molecule has 0 radical (unpaired) electrons. The SMILES string of the molecule is CC(N)Cc1csnn1. The van der Waals surface area contributed by atoms with Crippen LogP contribution in [-0.4, -0.2) is 15.6 Å². The summed E-state index contributed by atoms with van der Waals surface area (Å²) in [5.41, 5.74) is 6.52. The van der Waals surface area contributed by atoms with E-state index in [9.17, 15) is 0 Å². The lowest BCUT2D eigenvalue weighted by atomic mass is 10.2. The Morgan fingerprint density at radius 2 is 2.67 bits per heavy atom. The molecule has 1 aromatic heterocycles. The van der Waals surface area contributed by atoms with E-state index in [-0.39, 0.29) is 6.04 Å². The van der Waals surface area contributed by atoms with Crippen LogP contribution >= 0.6 is 11.5 Å². The molecule has 1 aromatic rings. The maximum absolute atomic E-state index is 5.52. The fraction of sp³-hybridized carbons (Fsp3) is 0.600. The Kier molecular flexibility index (Phi) is 2.13. The molecule has 0 saturated carbocycles. The molecule has 0 aromatic carbocycles. The number of nitrogens with zero attached hydrogens (tertiary/aromatic N) is 2. The van der Waals surface area contributed by atoms with Crippen molar-refractivity contribution in [3.8, 4) is 0 Å². The van der Waals surface area contributed by atoms with Crippen molar-refractivity contribution in [1.82, 2.24) is 9.59 Å². The van der Waals surface area contributed by atoms with Gasteiger partial charge in [-0.1, -0.05) is 4.49 Å². The largest absolute Gasteiger partial charge is 0.328 e. The minimum absolute atomic E-state index is 0.189. The molecule has 0 aliphatic carbocycles. The predicted molar refractivity (Wildman–Crippen MR) is 37.3 cm³/mol. The average molecular weight is 143 g/mol. The Morgan fingerprint density at radius 3 is 3.11 bits per heavy atom. The van der Waals surface area contributed by atoms with E-state index in [0.717, 1.165) is 12.1 Å². The topological polar surface area (TPSA) is 51.8 Å². The number of aromatic nitrogens is 2. The van der Waals surface area contributed by atoms with Gasteiger partial charge in [0, 0.05) is 17.8 Å². The minimum atomic E-state index is 0.189. The first-order chi connectivity index (χ1) is 4.29. The van der Waals surface area contributed by atoms with Crippen LogP contribution in [0.1, 0.15) is 12.6 Å². The molecule has 2 N–H and O–H groups in total. The standard InChI is InChI=1S/C5H9N3S/c1-4(6)2-5-3-9-8-7-5/h3-4H,2,6H2,1H3. The zero-order chi connectivity index (χ0) is 6.69. The van der Waals surface area contributed by atoms with Gasteiger partial charge in [-0.25, -0.2) is 0 Å². The van der Waals surface area contributed by atoms with Crippen LogP contribution in [0.3, 0.4) is 0 Å². The molecule has 0 aliphatic heterocycles. The third-order valence-corrected chi connectivity index (χ3v) is 1.49. The van der Waals surface area contributed by atoms with Gasteiger partial charge in [0.05, 0.1) is 5.69 Å². The molecule has 0 fully saturated rings. The van der Waals surface area contributed by atoms with Crippen LogP contribution in [0.2, 0.25) is 0 Å². The van der Waals surface area contributed by atoms with E-state index in [1.165, 1.54) is 11.5 Å². The van der Waals surface area contributed by atoms with Crippen molar-refractivity contribution in [2.45, 2.75) is 19.4 Å². The van der Waals surface area contributed by atoms with Gasteiger partial charge >= 0.3 is 0 Å². The highest BCUT2D eigenvalue weighted by atomic mass is 32.1. The molecule has 0 amide bonds. The van der Waals surface area contributed by atoms with E-state index in [4.69, 9.17) is 5.73 Å². The lowest BCUT2D eigenvalue weighted by Gasteiger charge is -1.97. The Hall–Kier alpha value is -0.480. The summed E-state index contributed by atoms with van der Waals surface area (Å²) in [5.74, 6) is 0. The molecule has 1 rings (SSSR count). The number of hydrogen-bond acceptors (Lipinski definition) is 4. The Balaban J connectivity index is 2.48. The predicted octanol–water partition coefficient (Wildman–Crippen LogP) is 0.428. The fourth-order valence-electron chi connectivity index (χ4n) is 0.603. The Morgan fingerprint density at radius 1 is 1.89 bits per heavy atom. The van der Waals surface area contributed by atoms with Gasteiger partial charge in [-0.15, -0.1) is 5.10 Å². The molecule has 0 aliphatic rings. The summed E-state index contributed by atoms with van der Waals surface area (Å²) in [5, 5.41) is 5.76. The van der Waals surface area contributed by atoms with Crippen LogP contribution in [-0.2, 0) is 6.42 Å². The molecule has 0 bridgehead atoms. The first-order valence-corrected chi connectivity index (χ1v) is 3.64. The van der Waals surface area contributed by atoms with Gasteiger partial charge < -0.3 is 5.73 Å². The monoisotopic (exact) mass is 143 g/mol. The van der Waals surface area contributed by atoms with E-state index >= 15 is 0 Å². The number of nitrogens with two attached hydrogens (primary N) is 1. The maximum Gasteiger partial charge on any atom is 0.0770 e. The Bertz CT molecular complexity index is 159. The fourth-order valence-corrected chi connectivity index (χ4v) is 1.07. The van der Waals surface area contributed by atoms with Gasteiger partial charge in [0.2, 0.25) is 0 Å². The highest BCUT2D eigenvalue weighted by Crippen LogP contribution is 1.98. The second kappa shape index (κ2) is 2.89. The summed E-state index contributed by atoms with van der Waals surface area (Å²) in [6.07, 6.45) is 0.830. The van der Waals surface area contributed by atoms with Crippen molar-refractivity contribution in [1.29, 1.82) is 0 Å². The van der Waals surface area contributed by atoms with Crippen molar-refractivity contribution < 1.29 is 0 Å². The van der Waals surface area contributed by atoms with E-state index in [1.807, 2.05) is 12.3 Å².